The van der Waals surface area contributed by atoms with Gasteiger partial charge < -0.3 is 14.6 Å². The number of amides is 1. The third kappa shape index (κ3) is 5.07. The van der Waals surface area contributed by atoms with E-state index in [-0.39, 0.29) is 12.1 Å². The van der Waals surface area contributed by atoms with Crippen LogP contribution in [0.1, 0.15) is 5.56 Å². The van der Waals surface area contributed by atoms with Gasteiger partial charge in [-0.2, -0.15) is 0 Å². The van der Waals surface area contributed by atoms with Gasteiger partial charge in [0.1, 0.15) is 6.54 Å². The van der Waals surface area contributed by atoms with E-state index >= 15 is 0 Å². The van der Waals surface area contributed by atoms with E-state index in [0.717, 1.165) is 10.0 Å². The molecule has 7 heteroatoms. The lowest BCUT2D eigenvalue weighted by molar-refractivity contribution is -0.147. The van der Waals surface area contributed by atoms with Gasteiger partial charge in [0, 0.05) is 22.4 Å². The van der Waals surface area contributed by atoms with Crippen LogP contribution >= 0.6 is 15.9 Å². The summed E-state index contributed by atoms with van der Waals surface area (Å²) in [7, 11) is 0. The molecular weight excluding hydrogens is 364 g/mol. The van der Waals surface area contributed by atoms with E-state index in [9.17, 15) is 14.4 Å². The maximum Gasteiger partial charge on any atom is 0.326 e. The number of aryl methyl sites for hydroxylation is 1. The van der Waals surface area contributed by atoms with Gasteiger partial charge in [0.25, 0.3) is 11.5 Å². The molecule has 0 unspecified atom stereocenters. The summed E-state index contributed by atoms with van der Waals surface area (Å²) in [4.78, 5) is 34.9. The fourth-order valence-corrected chi connectivity index (χ4v) is 2.17. The van der Waals surface area contributed by atoms with Gasteiger partial charge in [0.15, 0.2) is 6.61 Å². The summed E-state index contributed by atoms with van der Waals surface area (Å²) in [5, 5.41) is 2.63. The number of ether oxygens (including phenoxy) is 1. The third-order valence-corrected chi connectivity index (χ3v) is 3.87. The van der Waals surface area contributed by atoms with Crippen LogP contribution in [0.15, 0.2) is 51.9 Å². The molecule has 0 saturated carbocycles. The number of rotatable bonds is 5. The van der Waals surface area contributed by atoms with Crippen LogP contribution in [0.2, 0.25) is 0 Å². The topological polar surface area (TPSA) is 77.4 Å². The summed E-state index contributed by atoms with van der Waals surface area (Å²) in [6.07, 6.45) is 1.48. The van der Waals surface area contributed by atoms with Crippen molar-refractivity contribution >= 4 is 33.5 Å². The first-order chi connectivity index (χ1) is 11.0. The number of carbonyl (C=O) groups is 2. The highest BCUT2D eigenvalue weighted by Crippen LogP contribution is 2.20. The van der Waals surface area contributed by atoms with Crippen molar-refractivity contribution < 1.29 is 14.3 Å². The van der Waals surface area contributed by atoms with Gasteiger partial charge in [-0.05, 0) is 30.7 Å². The Morgan fingerprint density at radius 2 is 2.04 bits per heavy atom. The zero-order valence-corrected chi connectivity index (χ0v) is 14.0. The monoisotopic (exact) mass is 378 g/mol. The second kappa shape index (κ2) is 7.73. The molecule has 23 heavy (non-hydrogen) atoms. The minimum Gasteiger partial charge on any atom is -0.454 e. The smallest absolute Gasteiger partial charge is 0.326 e. The summed E-state index contributed by atoms with van der Waals surface area (Å²) in [6, 6.07) is 9.93. The average molecular weight is 379 g/mol. The molecule has 1 heterocycles. The Bertz CT molecular complexity index is 786. The average Bonchev–Trinajstić information content (AvgIpc) is 2.51. The summed E-state index contributed by atoms with van der Waals surface area (Å²) in [5.74, 6) is -1.10. The third-order valence-electron chi connectivity index (χ3n) is 3.02. The fourth-order valence-electron chi connectivity index (χ4n) is 1.79. The van der Waals surface area contributed by atoms with E-state index in [2.05, 4.69) is 21.2 Å². The second-order valence-corrected chi connectivity index (χ2v) is 5.69. The van der Waals surface area contributed by atoms with E-state index in [0.29, 0.717) is 5.69 Å². The molecule has 0 spiro atoms. The summed E-state index contributed by atoms with van der Waals surface area (Å²) in [6.45, 7) is 1.29. The maximum absolute atomic E-state index is 11.8. The minimum atomic E-state index is -0.654. The van der Waals surface area contributed by atoms with Gasteiger partial charge in [-0.1, -0.05) is 28.1 Å². The number of carbonyl (C=O) groups excluding carboxylic acids is 2. The van der Waals surface area contributed by atoms with Crippen LogP contribution in [-0.2, 0) is 20.9 Å². The van der Waals surface area contributed by atoms with Crippen LogP contribution in [0.5, 0.6) is 0 Å². The molecule has 0 fully saturated rings. The van der Waals surface area contributed by atoms with Crippen LogP contribution < -0.4 is 10.9 Å². The first kappa shape index (κ1) is 17.0. The first-order valence-electron chi connectivity index (χ1n) is 6.83. The minimum absolute atomic E-state index is 0.233. The van der Waals surface area contributed by atoms with E-state index in [1.807, 2.05) is 13.0 Å². The van der Waals surface area contributed by atoms with Crippen molar-refractivity contribution in [3.63, 3.8) is 0 Å². The molecule has 1 aromatic carbocycles. The lowest BCUT2D eigenvalue weighted by Crippen LogP contribution is -2.26. The Morgan fingerprint density at radius 1 is 1.26 bits per heavy atom. The predicted molar refractivity (Wildman–Crippen MR) is 89.2 cm³/mol. The zero-order chi connectivity index (χ0) is 16.8. The van der Waals surface area contributed by atoms with Crippen molar-refractivity contribution in [2.45, 2.75) is 13.5 Å². The summed E-state index contributed by atoms with van der Waals surface area (Å²) >= 11 is 3.37. The summed E-state index contributed by atoms with van der Waals surface area (Å²) in [5.41, 5.74) is 1.34. The number of nitrogens with one attached hydrogen (secondary N) is 1. The number of hydrogen-bond donors (Lipinski definition) is 1. The van der Waals surface area contributed by atoms with Gasteiger partial charge in [0.05, 0.1) is 0 Å². The standard InChI is InChI=1S/C16H15BrN2O4/c1-11-5-6-12(8-13(11)17)18-14(20)10-23-16(22)9-19-7-3-2-4-15(19)21/h2-8H,9-10H2,1H3,(H,18,20). The molecule has 120 valence electrons. The van der Waals surface area contributed by atoms with Crippen LogP contribution in [0, 0.1) is 6.92 Å². The van der Waals surface area contributed by atoms with Gasteiger partial charge in [-0.3, -0.25) is 14.4 Å². The molecule has 0 saturated heterocycles. The molecule has 0 bridgehead atoms. The van der Waals surface area contributed by atoms with Crippen LogP contribution in [0.25, 0.3) is 0 Å². The number of esters is 1. The predicted octanol–water partition coefficient (Wildman–Crippen LogP) is 2.10. The quantitative estimate of drug-likeness (QED) is 0.808. The van der Waals surface area contributed by atoms with Crippen molar-refractivity contribution in [3.05, 3.63) is 63.0 Å². The van der Waals surface area contributed by atoms with Crippen molar-refractivity contribution in [1.29, 1.82) is 0 Å². The van der Waals surface area contributed by atoms with Crippen molar-refractivity contribution in [2.24, 2.45) is 0 Å². The molecule has 2 rings (SSSR count). The van der Waals surface area contributed by atoms with Crippen molar-refractivity contribution in [3.8, 4) is 0 Å². The molecule has 0 radical (unpaired) electrons. The lowest BCUT2D eigenvalue weighted by Gasteiger charge is -2.08. The Labute approximate surface area is 141 Å². The Morgan fingerprint density at radius 3 is 2.74 bits per heavy atom. The van der Waals surface area contributed by atoms with Crippen LogP contribution in [-0.4, -0.2) is 23.1 Å². The lowest BCUT2D eigenvalue weighted by atomic mass is 10.2. The van der Waals surface area contributed by atoms with Crippen molar-refractivity contribution in [1.82, 2.24) is 4.57 Å². The maximum atomic E-state index is 11.8. The highest BCUT2D eigenvalue weighted by atomic mass is 79.9. The van der Waals surface area contributed by atoms with E-state index in [4.69, 9.17) is 4.74 Å². The molecule has 0 atom stereocenters. The number of nitrogens with zero attached hydrogens (tertiary/aromatic N) is 1. The Kier molecular flexibility index (Phi) is 5.70. The number of hydrogen-bond acceptors (Lipinski definition) is 4. The molecule has 0 aliphatic rings. The van der Waals surface area contributed by atoms with Gasteiger partial charge in [-0.25, -0.2) is 0 Å². The molecule has 6 nitrogen and oxygen atoms in total. The van der Waals surface area contributed by atoms with Gasteiger partial charge >= 0.3 is 5.97 Å². The largest absolute Gasteiger partial charge is 0.454 e. The highest BCUT2D eigenvalue weighted by Gasteiger charge is 2.09. The number of halogens is 1. The number of anilines is 1. The second-order valence-electron chi connectivity index (χ2n) is 4.84. The van der Waals surface area contributed by atoms with E-state index < -0.39 is 18.5 Å². The molecule has 0 aliphatic carbocycles. The molecule has 0 aliphatic heterocycles. The SMILES string of the molecule is Cc1ccc(NC(=O)COC(=O)Cn2ccccc2=O)cc1Br. The normalized spacial score (nSPS) is 10.2. The molecule has 1 N–H and O–H groups in total. The Hall–Kier alpha value is -2.41. The van der Waals surface area contributed by atoms with Gasteiger partial charge in [-0.15, -0.1) is 0 Å². The van der Waals surface area contributed by atoms with Crippen LogP contribution in [0.4, 0.5) is 5.69 Å². The number of benzene rings is 1. The number of aromatic nitrogens is 1. The molecule has 2 aromatic rings. The molecule has 1 amide bonds. The first-order valence-corrected chi connectivity index (χ1v) is 7.62. The molecule has 1 aromatic heterocycles. The Balaban J connectivity index is 1.84. The van der Waals surface area contributed by atoms with E-state index in [1.54, 1.807) is 24.3 Å². The number of pyridine rings is 1. The zero-order valence-electron chi connectivity index (χ0n) is 12.4. The fraction of sp³-hybridized carbons (Fsp3) is 0.188. The summed E-state index contributed by atoms with van der Waals surface area (Å²) < 4.78 is 6.94. The van der Waals surface area contributed by atoms with Crippen molar-refractivity contribution in [2.75, 3.05) is 11.9 Å². The van der Waals surface area contributed by atoms with E-state index in [1.165, 1.54) is 16.8 Å². The van der Waals surface area contributed by atoms with Gasteiger partial charge in [0.2, 0.25) is 0 Å². The molecular formula is C16H15BrN2O4. The van der Waals surface area contributed by atoms with Crippen LogP contribution in [0.3, 0.4) is 0 Å². The highest BCUT2D eigenvalue weighted by molar-refractivity contribution is 9.10.